The van der Waals surface area contributed by atoms with Crippen LogP contribution in [0.2, 0.25) is 0 Å². The Balaban J connectivity index is 1.75. The van der Waals surface area contributed by atoms with Crippen LogP contribution in [-0.4, -0.2) is 48.9 Å². The molecule has 5 nitrogen and oxygen atoms in total. The number of carbonyl (C=O) groups excluding carboxylic acids is 1. The second-order valence-corrected chi connectivity index (χ2v) is 9.26. The maximum atomic E-state index is 13.2. The van der Waals surface area contributed by atoms with Crippen LogP contribution in [0.3, 0.4) is 0 Å². The Morgan fingerprint density at radius 3 is 2.80 bits per heavy atom. The van der Waals surface area contributed by atoms with Crippen LogP contribution < -0.4 is 0 Å². The first-order chi connectivity index (χ1) is 11.9. The number of aryl methyl sites for hydroxylation is 1. The third-order valence-corrected chi connectivity index (χ3v) is 7.08. The second kappa shape index (κ2) is 6.92. The average molecular weight is 362 g/mol. The van der Waals surface area contributed by atoms with Gasteiger partial charge in [-0.1, -0.05) is 35.9 Å². The van der Waals surface area contributed by atoms with Crippen LogP contribution in [0.25, 0.3) is 0 Å². The average Bonchev–Trinajstić information content (AvgIpc) is 2.98. The minimum atomic E-state index is -3.35. The van der Waals surface area contributed by atoms with Gasteiger partial charge >= 0.3 is 0 Å². The molecule has 2 aliphatic heterocycles. The van der Waals surface area contributed by atoms with Crippen molar-refractivity contribution >= 4 is 15.9 Å². The molecule has 2 heterocycles. The molecule has 2 saturated heterocycles. The second-order valence-electron chi connectivity index (χ2n) is 7.25. The van der Waals surface area contributed by atoms with Crippen molar-refractivity contribution in [1.82, 2.24) is 9.21 Å². The standard InChI is InChI=1S/C19H26N2O3S/c1-3-12-25(23,24)21-11-9-19(15-21)8-5-10-20(18(19)22)14-17-7-4-6-16(2)13-17/h3-4,6-7,13H,1,5,8-12,14-15H2,2H3/t19-/m0/s1. The predicted octanol–water partition coefficient (Wildman–Crippen LogP) is 2.33. The molecular formula is C19H26N2O3S. The van der Waals surface area contributed by atoms with E-state index >= 15 is 0 Å². The van der Waals surface area contributed by atoms with Gasteiger partial charge in [0.15, 0.2) is 0 Å². The quantitative estimate of drug-likeness (QED) is 0.756. The summed E-state index contributed by atoms with van der Waals surface area (Å²) in [6.07, 6.45) is 3.72. The molecule has 2 aliphatic rings. The van der Waals surface area contributed by atoms with Crippen molar-refractivity contribution in [2.75, 3.05) is 25.4 Å². The molecule has 0 bridgehead atoms. The van der Waals surface area contributed by atoms with E-state index in [4.69, 9.17) is 0 Å². The first kappa shape index (κ1) is 18.1. The highest BCUT2D eigenvalue weighted by Crippen LogP contribution is 2.41. The number of piperidine rings is 1. The van der Waals surface area contributed by atoms with Crippen molar-refractivity contribution in [1.29, 1.82) is 0 Å². The predicted molar refractivity (Wildman–Crippen MR) is 98.4 cm³/mol. The van der Waals surface area contributed by atoms with E-state index in [-0.39, 0.29) is 11.7 Å². The summed E-state index contributed by atoms with van der Waals surface area (Å²) in [4.78, 5) is 15.1. The number of sulfonamides is 1. The monoisotopic (exact) mass is 362 g/mol. The largest absolute Gasteiger partial charge is 0.338 e. The first-order valence-corrected chi connectivity index (χ1v) is 10.4. The van der Waals surface area contributed by atoms with Gasteiger partial charge in [0.2, 0.25) is 15.9 Å². The van der Waals surface area contributed by atoms with Gasteiger partial charge < -0.3 is 4.90 Å². The zero-order valence-corrected chi connectivity index (χ0v) is 15.6. The van der Waals surface area contributed by atoms with Crippen molar-refractivity contribution in [2.24, 2.45) is 5.41 Å². The maximum absolute atomic E-state index is 13.2. The summed E-state index contributed by atoms with van der Waals surface area (Å²) in [7, 11) is -3.35. The van der Waals surface area contributed by atoms with Crippen LogP contribution in [0.4, 0.5) is 0 Å². The lowest BCUT2D eigenvalue weighted by molar-refractivity contribution is -0.146. The van der Waals surface area contributed by atoms with E-state index < -0.39 is 15.4 Å². The number of hydrogen-bond donors (Lipinski definition) is 0. The summed E-state index contributed by atoms with van der Waals surface area (Å²) < 4.78 is 26.1. The van der Waals surface area contributed by atoms with Gasteiger partial charge in [-0.3, -0.25) is 4.79 Å². The molecule has 0 saturated carbocycles. The number of nitrogens with zero attached hydrogens (tertiary/aromatic N) is 2. The van der Waals surface area contributed by atoms with Gasteiger partial charge in [-0.2, -0.15) is 0 Å². The van der Waals surface area contributed by atoms with Crippen molar-refractivity contribution in [2.45, 2.75) is 32.7 Å². The lowest BCUT2D eigenvalue weighted by Crippen LogP contribution is -2.50. The summed E-state index contributed by atoms with van der Waals surface area (Å²) in [5.41, 5.74) is 1.76. The number of amides is 1. The zero-order chi connectivity index (χ0) is 18.1. The van der Waals surface area contributed by atoms with Crippen LogP contribution in [0.15, 0.2) is 36.9 Å². The minimum absolute atomic E-state index is 0.0652. The van der Waals surface area contributed by atoms with Crippen LogP contribution in [0.1, 0.15) is 30.4 Å². The van der Waals surface area contributed by atoms with Crippen LogP contribution in [0, 0.1) is 12.3 Å². The molecule has 0 N–H and O–H groups in total. The molecule has 0 unspecified atom stereocenters. The molecule has 25 heavy (non-hydrogen) atoms. The fraction of sp³-hybridized carbons (Fsp3) is 0.526. The van der Waals surface area contributed by atoms with Gasteiger partial charge in [-0.05, 0) is 31.7 Å². The first-order valence-electron chi connectivity index (χ1n) is 8.80. The van der Waals surface area contributed by atoms with E-state index in [1.807, 2.05) is 30.0 Å². The van der Waals surface area contributed by atoms with Gasteiger partial charge in [0.25, 0.3) is 0 Å². The molecule has 1 atom stereocenters. The molecule has 1 spiro atoms. The van der Waals surface area contributed by atoms with Crippen molar-refractivity contribution in [3.63, 3.8) is 0 Å². The minimum Gasteiger partial charge on any atom is -0.338 e. The van der Waals surface area contributed by atoms with Crippen molar-refractivity contribution in [3.8, 4) is 0 Å². The Bertz CT molecular complexity index is 775. The summed E-state index contributed by atoms with van der Waals surface area (Å²) >= 11 is 0. The Labute approximate surface area is 150 Å². The third-order valence-electron chi connectivity index (χ3n) is 5.32. The normalized spacial score (nSPS) is 24.8. The van der Waals surface area contributed by atoms with Gasteiger partial charge in [-0.25, -0.2) is 12.7 Å². The lowest BCUT2D eigenvalue weighted by Gasteiger charge is -2.39. The van der Waals surface area contributed by atoms with E-state index in [0.29, 0.717) is 26.1 Å². The lowest BCUT2D eigenvalue weighted by atomic mass is 9.78. The highest BCUT2D eigenvalue weighted by Gasteiger charge is 2.50. The highest BCUT2D eigenvalue weighted by atomic mass is 32.2. The summed E-state index contributed by atoms with van der Waals surface area (Å²) in [5.74, 6) is 0.0427. The van der Waals surface area contributed by atoms with Crippen molar-refractivity contribution < 1.29 is 13.2 Å². The zero-order valence-electron chi connectivity index (χ0n) is 14.8. The molecule has 0 radical (unpaired) electrons. The Kier molecular flexibility index (Phi) is 5.02. The SMILES string of the molecule is C=CCS(=O)(=O)N1CC[C@@]2(CCCN(Cc3cccc(C)c3)C2=O)C1. The number of carbonyl (C=O) groups is 1. The van der Waals surface area contributed by atoms with Gasteiger partial charge in [0, 0.05) is 26.2 Å². The van der Waals surface area contributed by atoms with Crippen molar-refractivity contribution in [3.05, 3.63) is 48.0 Å². The van der Waals surface area contributed by atoms with E-state index in [1.54, 1.807) is 0 Å². The van der Waals surface area contributed by atoms with E-state index in [9.17, 15) is 13.2 Å². The number of hydrogen-bond acceptors (Lipinski definition) is 3. The number of rotatable bonds is 5. The molecule has 136 valence electrons. The Morgan fingerprint density at radius 1 is 1.28 bits per heavy atom. The Morgan fingerprint density at radius 2 is 2.08 bits per heavy atom. The molecule has 0 aromatic heterocycles. The Hall–Kier alpha value is -1.66. The highest BCUT2D eigenvalue weighted by molar-refractivity contribution is 7.89. The van der Waals surface area contributed by atoms with E-state index in [2.05, 4.69) is 12.6 Å². The fourth-order valence-corrected chi connectivity index (χ4v) is 5.36. The molecular weight excluding hydrogens is 336 g/mol. The summed E-state index contributed by atoms with van der Waals surface area (Å²) in [6.45, 7) is 7.65. The van der Waals surface area contributed by atoms with Gasteiger partial charge in [0.05, 0.1) is 11.2 Å². The molecule has 1 aromatic carbocycles. The molecule has 3 rings (SSSR count). The molecule has 1 aromatic rings. The summed E-state index contributed by atoms with van der Waals surface area (Å²) in [5, 5.41) is 0. The molecule has 0 aliphatic carbocycles. The molecule has 1 amide bonds. The number of likely N-dealkylation sites (tertiary alicyclic amines) is 1. The van der Waals surface area contributed by atoms with Gasteiger partial charge in [-0.15, -0.1) is 6.58 Å². The van der Waals surface area contributed by atoms with Crippen LogP contribution in [-0.2, 0) is 21.4 Å². The van der Waals surface area contributed by atoms with Gasteiger partial charge in [0.1, 0.15) is 0 Å². The third kappa shape index (κ3) is 3.65. The fourth-order valence-electron chi connectivity index (χ4n) is 4.04. The molecule has 6 heteroatoms. The van der Waals surface area contributed by atoms with Crippen LogP contribution >= 0.6 is 0 Å². The summed E-state index contributed by atoms with van der Waals surface area (Å²) in [6, 6.07) is 8.19. The molecule has 2 fully saturated rings. The maximum Gasteiger partial charge on any atom is 0.230 e. The number of benzene rings is 1. The van der Waals surface area contributed by atoms with E-state index in [0.717, 1.165) is 24.9 Å². The van der Waals surface area contributed by atoms with E-state index in [1.165, 1.54) is 15.9 Å². The smallest absolute Gasteiger partial charge is 0.230 e. The van der Waals surface area contributed by atoms with Crippen LogP contribution in [0.5, 0.6) is 0 Å². The topological polar surface area (TPSA) is 57.7 Å².